The van der Waals surface area contributed by atoms with E-state index in [4.69, 9.17) is 0 Å². The summed E-state index contributed by atoms with van der Waals surface area (Å²) in [6.45, 7) is 11.1. The molecule has 1 radical (unpaired) electrons. The number of halogens is 4. The summed E-state index contributed by atoms with van der Waals surface area (Å²) in [7, 11) is -3.88. The summed E-state index contributed by atoms with van der Waals surface area (Å²) in [5, 5.41) is 0. The standard InChI is InChI=1S/C10H23P2.BF4/c1-5-6-7-8-10(12-4)9(2)11-3;2-1(3,4)5/h9-12H,2,5-8H2,1,3-4H3;/q;-1. The van der Waals surface area contributed by atoms with E-state index in [0.717, 1.165) is 28.5 Å². The molecule has 0 aliphatic heterocycles. The topological polar surface area (TPSA) is 0 Å². The molecule has 0 aromatic carbocycles. The lowest BCUT2D eigenvalue weighted by Gasteiger charge is -2.20. The largest absolute Gasteiger partial charge is 0.673 e. The Morgan fingerprint density at radius 2 is 1.53 bits per heavy atom. The van der Waals surface area contributed by atoms with Crippen molar-refractivity contribution in [2.75, 3.05) is 13.3 Å². The van der Waals surface area contributed by atoms with Crippen LogP contribution in [0.4, 0.5) is 17.3 Å². The second-order valence-electron chi connectivity index (χ2n) is 3.78. The van der Waals surface area contributed by atoms with Crippen LogP contribution < -0.4 is 0 Å². The van der Waals surface area contributed by atoms with Gasteiger partial charge in [-0.2, -0.15) is 0 Å². The zero-order valence-electron chi connectivity index (χ0n) is 10.8. The van der Waals surface area contributed by atoms with Crippen molar-refractivity contribution in [3.8, 4) is 0 Å². The van der Waals surface area contributed by atoms with Crippen molar-refractivity contribution in [2.45, 2.75) is 43.9 Å². The van der Waals surface area contributed by atoms with Gasteiger partial charge in [-0.1, -0.05) is 26.2 Å². The van der Waals surface area contributed by atoms with E-state index in [9.17, 15) is 17.3 Å². The van der Waals surface area contributed by atoms with E-state index in [1.165, 1.54) is 25.7 Å². The Morgan fingerprint density at radius 1 is 1.06 bits per heavy atom. The van der Waals surface area contributed by atoms with Crippen molar-refractivity contribution in [3.63, 3.8) is 0 Å². The molecule has 4 unspecified atom stereocenters. The normalized spacial score (nSPS) is 16.2. The summed E-state index contributed by atoms with van der Waals surface area (Å²) >= 11 is 0. The van der Waals surface area contributed by atoms with Gasteiger partial charge in [-0.3, -0.25) is 0 Å². The third kappa shape index (κ3) is 19.2. The van der Waals surface area contributed by atoms with E-state index in [1.54, 1.807) is 0 Å². The summed E-state index contributed by atoms with van der Waals surface area (Å²) in [6.07, 6.45) is 5.58. The van der Waals surface area contributed by atoms with Gasteiger partial charge in [-0.15, -0.1) is 17.2 Å². The lowest BCUT2D eigenvalue weighted by atomic mass is 10.1. The molecule has 0 aliphatic carbocycles. The van der Waals surface area contributed by atoms with Gasteiger partial charge in [-0.05, 0) is 38.0 Å². The van der Waals surface area contributed by atoms with Crippen LogP contribution in [0.2, 0.25) is 0 Å². The van der Waals surface area contributed by atoms with Gasteiger partial charge in [0.25, 0.3) is 0 Å². The quantitative estimate of drug-likeness (QED) is 0.266. The van der Waals surface area contributed by atoms with Crippen LogP contribution in [-0.4, -0.2) is 31.9 Å². The number of hydrogen-bond donors (Lipinski definition) is 0. The van der Waals surface area contributed by atoms with Crippen molar-refractivity contribution < 1.29 is 17.3 Å². The first-order chi connectivity index (χ1) is 7.76. The second kappa shape index (κ2) is 11.7. The van der Waals surface area contributed by atoms with Crippen LogP contribution in [0.15, 0.2) is 0 Å². The van der Waals surface area contributed by atoms with Gasteiger partial charge in [0, 0.05) is 0 Å². The molecule has 0 aromatic heterocycles. The molecule has 0 heterocycles. The van der Waals surface area contributed by atoms with Crippen molar-refractivity contribution in [2.24, 2.45) is 0 Å². The average molecular weight is 292 g/mol. The van der Waals surface area contributed by atoms with E-state index in [0.29, 0.717) is 0 Å². The van der Waals surface area contributed by atoms with E-state index in [1.807, 2.05) is 0 Å². The fourth-order valence-corrected chi connectivity index (χ4v) is 3.83. The summed E-state index contributed by atoms with van der Waals surface area (Å²) in [5.74, 6) is 0. The Morgan fingerprint density at radius 3 is 1.82 bits per heavy atom. The highest BCUT2D eigenvalue weighted by Crippen LogP contribution is 2.31. The van der Waals surface area contributed by atoms with Crippen LogP contribution in [0.25, 0.3) is 0 Å². The smallest absolute Gasteiger partial charge is 0.418 e. The van der Waals surface area contributed by atoms with Crippen LogP contribution in [0, 0.1) is 6.92 Å². The zero-order chi connectivity index (χ0) is 13.9. The van der Waals surface area contributed by atoms with Crippen molar-refractivity contribution in [3.05, 3.63) is 6.92 Å². The van der Waals surface area contributed by atoms with Crippen molar-refractivity contribution in [1.82, 2.24) is 0 Å². The maximum Gasteiger partial charge on any atom is 0.673 e. The lowest BCUT2D eigenvalue weighted by Crippen LogP contribution is -2.13. The van der Waals surface area contributed by atoms with E-state index >= 15 is 0 Å². The average Bonchev–Trinajstić information content (AvgIpc) is 2.21. The molecule has 105 valence electrons. The monoisotopic (exact) mass is 292 g/mol. The minimum absolute atomic E-state index is 0.727. The SMILES string of the molecule is F[B-](F)(F)F.[CH2]C(PC)C(CCCCC)PC. The fourth-order valence-electron chi connectivity index (χ4n) is 1.36. The molecule has 0 amide bonds. The molecule has 0 bridgehead atoms. The number of rotatable bonds is 7. The Kier molecular flexibility index (Phi) is 13.8. The fraction of sp³-hybridized carbons (Fsp3) is 0.900. The molecule has 4 atom stereocenters. The van der Waals surface area contributed by atoms with Crippen LogP contribution in [0.3, 0.4) is 0 Å². The maximum atomic E-state index is 9.75. The first-order valence-electron chi connectivity index (χ1n) is 5.81. The third-order valence-electron chi connectivity index (χ3n) is 2.35. The van der Waals surface area contributed by atoms with E-state index in [2.05, 4.69) is 27.2 Å². The summed E-state index contributed by atoms with van der Waals surface area (Å²) in [4.78, 5) is 0. The Bertz CT molecular complexity index is 161. The van der Waals surface area contributed by atoms with Gasteiger partial charge in [0.05, 0.1) is 0 Å². The minimum Gasteiger partial charge on any atom is -0.418 e. The summed E-state index contributed by atoms with van der Waals surface area (Å²) < 4.78 is 39.0. The first kappa shape index (κ1) is 20.0. The number of unbranched alkanes of at least 4 members (excludes halogenated alkanes) is 2. The molecule has 0 rings (SSSR count). The van der Waals surface area contributed by atoms with Gasteiger partial charge in [0.2, 0.25) is 0 Å². The maximum absolute atomic E-state index is 9.75. The van der Waals surface area contributed by atoms with E-state index in [-0.39, 0.29) is 0 Å². The first-order valence-corrected chi connectivity index (χ1v) is 8.96. The molecular weight excluding hydrogens is 269 g/mol. The van der Waals surface area contributed by atoms with Crippen LogP contribution in [-0.2, 0) is 0 Å². The van der Waals surface area contributed by atoms with Gasteiger partial charge >= 0.3 is 7.25 Å². The van der Waals surface area contributed by atoms with E-state index < -0.39 is 7.25 Å². The molecule has 0 N–H and O–H groups in total. The third-order valence-corrected chi connectivity index (χ3v) is 5.26. The highest BCUT2D eigenvalue weighted by molar-refractivity contribution is 7.43. The second-order valence-corrected chi connectivity index (χ2v) is 6.42. The van der Waals surface area contributed by atoms with Crippen molar-refractivity contribution in [1.29, 1.82) is 0 Å². The lowest BCUT2D eigenvalue weighted by molar-refractivity contribution is 0.368. The Balaban J connectivity index is 0. The van der Waals surface area contributed by atoms with Gasteiger partial charge in [0.15, 0.2) is 0 Å². The minimum atomic E-state index is -6.00. The summed E-state index contributed by atoms with van der Waals surface area (Å²) in [5.41, 5.74) is 1.64. The number of hydrogen-bond acceptors (Lipinski definition) is 0. The zero-order valence-corrected chi connectivity index (χ0v) is 12.8. The Hall–Kier alpha value is 0.645. The van der Waals surface area contributed by atoms with Gasteiger partial charge in [0.1, 0.15) is 0 Å². The van der Waals surface area contributed by atoms with Gasteiger partial charge < -0.3 is 17.3 Å². The highest BCUT2D eigenvalue weighted by Gasteiger charge is 2.20. The van der Waals surface area contributed by atoms with Crippen LogP contribution in [0.5, 0.6) is 0 Å². The molecule has 17 heavy (non-hydrogen) atoms. The molecule has 0 saturated carbocycles. The van der Waals surface area contributed by atoms with Crippen LogP contribution in [0.1, 0.15) is 32.6 Å². The molecule has 0 aromatic rings. The summed E-state index contributed by atoms with van der Waals surface area (Å²) in [6, 6.07) is 0. The molecule has 0 spiro atoms. The van der Waals surface area contributed by atoms with Crippen LogP contribution >= 0.6 is 17.2 Å². The predicted molar refractivity (Wildman–Crippen MR) is 75.7 cm³/mol. The molecule has 0 aliphatic rings. The highest BCUT2D eigenvalue weighted by atomic mass is 31.1. The Labute approximate surface area is 106 Å². The molecule has 0 nitrogen and oxygen atoms in total. The molecule has 0 saturated heterocycles. The molecular formula is C10H23BF4P2-. The molecule has 7 heteroatoms. The van der Waals surface area contributed by atoms with Crippen molar-refractivity contribution >= 4 is 24.4 Å². The molecule has 0 fully saturated rings. The predicted octanol–water partition coefficient (Wildman–Crippen LogP) is 5.05. The van der Waals surface area contributed by atoms with Gasteiger partial charge in [-0.25, -0.2) is 0 Å².